The molecule has 1 aromatic carbocycles. The first kappa shape index (κ1) is 26.6. The Bertz CT molecular complexity index is 770. The van der Waals surface area contributed by atoms with Crippen LogP contribution < -0.4 is 14.5 Å². The minimum absolute atomic E-state index is 0.570. The number of piperazine rings is 1. The van der Waals surface area contributed by atoms with Crippen molar-refractivity contribution in [3.05, 3.63) is 17.7 Å². The van der Waals surface area contributed by atoms with Crippen molar-refractivity contribution >= 4 is 11.4 Å². The quantitative estimate of drug-likeness (QED) is 0.362. The van der Waals surface area contributed by atoms with E-state index in [1.54, 1.807) is 5.56 Å². The van der Waals surface area contributed by atoms with Gasteiger partial charge in [0.25, 0.3) is 0 Å². The van der Waals surface area contributed by atoms with E-state index in [0.29, 0.717) is 11.3 Å². The molecule has 0 spiro atoms. The zero-order valence-corrected chi connectivity index (χ0v) is 23.1. The lowest BCUT2D eigenvalue weighted by Crippen LogP contribution is -2.47. The minimum atomic E-state index is 0.570. The Labute approximate surface area is 215 Å². The van der Waals surface area contributed by atoms with Crippen LogP contribution in [0.5, 0.6) is 5.75 Å². The van der Waals surface area contributed by atoms with Crippen LogP contribution in [0.25, 0.3) is 0 Å². The summed E-state index contributed by atoms with van der Waals surface area (Å²) in [5, 5.41) is 0. The summed E-state index contributed by atoms with van der Waals surface area (Å²) in [6.45, 7) is 16.5. The summed E-state index contributed by atoms with van der Waals surface area (Å²) < 4.78 is 11.7. The van der Waals surface area contributed by atoms with E-state index in [4.69, 9.17) is 9.47 Å². The first-order valence-electron chi connectivity index (χ1n) is 14.6. The Morgan fingerprint density at radius 3 is 2.11 bits per heavy atom. The lowest BCUT2D eigenvalue weighted by atomic mass is 9.66. The number of methoxy groups -OCH3 is 1. The molecule has 2 aliphatic heterocycles. The first-order chi connectivity index (χ1) is 17.1. The number of hydrogen-bond acceptors (Lipinski definition) is 5. The third-order valence-electron chi connectivity index (χ3n) is 9.46. The van der Waals surface area contributed by atoms with Gasteiger partial charge in [0.15, 0.2) is 0 Å². The van der Waals surface area contributed by atoms with Crippen LogP contribution >= 0.6 is 0 Å². The highest BCUT2D eigenvalue weighted by Crippen LogP contribution is 2.50. The molecule has 0 N–H and O–H groups in total. The van der Waals surface area contributed by atoms with Crippen LogP contribution in [0.1, 0.15) is 90.0 Å². The fourth-order valence-electron chi connectivity index (χ4n) is 6.69. The standard InChI is InChI=1S/C30H51N3O2/c1-5-8-9-14-31-15-17-32(18-16-31)27-24-29(34-4)28(33-19-21-35-22-20-33)23-26(27)25-10-12-30(6-2,7-3)13-11-25/h23-25H,5-22H2,1-4H3. The van der Waals surface area contributed by atoms with E-state index in [0.717, 1.165) is 45.1 Å². The smallest absolute Gasteiger partial charge is 0.144 e. The fourth-order valence-corrected chi connectivity index (χ4v) is 6.69. The van der Waals surface area contributed by atoms with Crippen molar-refractivity contribution in [2.24, 2.45) is 5.41 Å². The molecule has 0 aromatic heterocycles. The van der Waals surface area contributed by atoms with Crippen molar-refractivity contribution in [2.75, 3.05) is 75.9 Å². The molecule has 1 saturated carbocycles. The van der Waals surface area contributed by atoms with Gasteiger partial charge in [-0.05, 0) is 61.6 Å². The van der Waals surface area contributed by atoms with Crippen molar-refractivity contribution in [2.45, 2.75) is 84.5 Å². The summed E-state index contributed by atoms with van der Waals surface area (Å²) in [5.41, 5.74) is 4.86. The summed E-state index contributed by atoms with van der Waals surface area (Å²) in [6.07, 6.45) is 12.0. The summed E-state index contributed by atoms with van der Waals surface area (Å²) in [4.78, 5) is 7.81. The number of nitrogens with zero attached hydrogens (tertiary/aromatic N) is 3. The molecule has 1 aromatic rings. The summed E-state index contributed by atoms with van der Waals surface area (Å²) in [5.74, 6) is 1.69. The van der Waals surface area contributed by atoms with E-state index in [1.165, 1.54) is 88.8 Å². The van der Waals surface area contributed by atoms with Crippen molar-refractivity contribution in [1.29, 1.82) is 0 Å². The molecule has 5 heteroatoms. The molecule has 0 atom stereocenters. The Morgan fingerprint density at radius 2 is 1.51 bits per heavy atom. The lowest BCUT2D eigenvalue weighted by molar-refractivity contribution is 0.122. The van der Waals surface area contributed by atoms with Crippen LogP contribution in [-0.4, -0.2) is 71.0 Å². The van der Waals surface area contributed by atoms with Crippen molar-refractivity contribution in [1.82, 2.24) is 4.90 Å². The largest absolute Gasteiger partial charge is 0.495 e. The molecule has 4 rings (SSSR count). The van der Waals surface area contributed by atoms with Crippen molar-refractivity contribution < 1.29 is 9.47 Å². The number of benzene rings is 1. The number of morpholine rings is 1. The van der Waals surface area contributed by atoms with Crippen LogP contribution in [0.2, 0.25) is 0 Å². The van der Waals surface area contributed by atoms with Gasteiger partial charge >= 0.3 is 0 Å². The molecule has 2 saturated heterocycles. The zero-order valence-electron chi connectivity index (χ0n) is 23.1. The lowest BCUT2D eigenvalue weighted by Gasteiger charge is -2.42. The molecule has 0 amide bonds. The Balaban J connectivity index is 1.58. The minimum Gasteiger partial charge on any atom is -0.495 e. The van der Waals surface area contributed by atoms with Gasteiger partial charge in [-0.25, -0.2) is 0 Å². The Morgan fingerprint density at radius 1 is 0.857 bits per heavy atom. The SMILES string of the molecule is CCCCCN1CCN(c2cc(OC)c(N3CCOCC3)cc2C2CCC(CC)(CC)CC2)CC1. The van der Waals surface area contributed by atoms with Gasteiger partial charge in [0.1, 0.15) is 5.75 Å². The van der Waals surface area contributed by atoms with Crippen LogP contribution in [0.15, 0.2) is 12.1 Å². The molecule has 198 valence electrons. The predicted octanol–water partition coefficient (Wildman–Crippen LogP) is 6.31. The fraction of sp³-hybridized carbons (Fsp3) is 0.800. The number of rotatable bonds is 10. The maximum Gasteiger partial charge on any atom is 0.144 e. The van der Waals surface area contributed by atoms with Gasteiger partial charge in [0.2, 0.25) is 0 Å². The molecule has 2 heterocycles. The van der Waals surface area contributed by atoms with Crippen LogP contribution in [0.3, 0.4) is 0 Å². The molecule has 0 bridgehead atoms. The molecule has 0 unspecified atom stereocenters. The van der Waals surface area contributed by atoms with E-state index in [1.807, 2.05) is 7.11 Å². The number of ether oxygens (including phenoxy) is 2. The topological polar surface area (TPSA) is 28.2 Å². The van der Waals surface area contributed by atoms with E-state index in [-0.39, 0.29) is 0 Å². The van der Waals surface area contributed by atoms with Gasteiger partial charge in [0, 0.05) is 51.0 Å². The molecule has 3 aliphatic rings. The summed E-state index contributed by atoms with van der Waals surface area (Å²) in [6, 6.07) is 4.90. The van der Waals surface area contributed by atoms with Crippen LogP contribution in [0.4, 0.5) is 11.4 Å². The summed E-state index contributed by atoms with van der Waals surface area (Å²) >= 11 is 0. The van der Waals surface area contributed by atoms with E-state index in [9.17, 15) is 0 Å². The highest BCUT2D eigenvalue weighted by molar-refractivity contribution is 5.71. The normalized spacial score (nSPS) is 21.9. The Kier molecular flexibility index (Phi) is 9.63. The summed E-state index contributed by atoms with van der Waals surface area (Å²) in [7, 11) is 1.84. The molecule has 35 heavy (non-hydrogen) atoms. The second kappa shape index (κ2) is 12.7. The second-order valence-electron chi connectivity index (χ2n) is 11.2. The molecular weight excluding hydrogens is 434 g/mol. The van der Waals surface area contributed by atoms with Gasteiger partial charge in [-0.15, -0.1) is 0 Å². The molecule has 1 aliphatic carbocycles. The van der Waals surface area contributed by atoms with Crippen molar-refractivity contribution in [3.8, 4) is 5.75 Å². The van der Waals surface area contributed by atoms with Gasteiger partial charge in [0.05, 0.1) is 26.0 Å². The maximum absolute atomic E-state index is 6.01. The number of anilines is 2. The first-order valence-corrected chi connectivity index (χ1v) is 14.6. The van der Waals surface area contributed by atoms with Gasteiger partial charge < -0.3 is 19.3 Å². The monoisotopic (exact) mass is 485 g/mol. The number of hydrogen-bond donors (Lipinski definition) is 0. The highest BCUT2D eigenvalue weighted by Gasteiger charge is 2.35. The highest BCUT2D eigenvalue weighted by atomic mass is 16.5. The van der Waals surface area contributed by atoms with Crippen LogP contribution in [0, 0.1) is 5.41 Å². The third-order valence-corrected chi connectivity index (χ3v) is 9.46. The predicted molar refractivity (Wildman–Crippen MR) is 148 cm³/mol. The second-order valence-corrected chi connectivity index (χ2v) is 11.2. The van der Waals surface area contributed by atoms with Gasteiger partial charge in [-0.3, -0.25) is 4.90 Å². The van der Waals surface area contributed by atoms with E-state index >= 15 is 0 Å². The number of unbranched alkanes of at least 4 members (excludes halogenated alkanes) is 2. The molecule has 3 fully saturated rings. The van der Waals surface area contributed by atoms with Gasteiger partial charge in [-0.1, -0.05) is 46.5 Å². The maximum atomic E-state index is 6.01. The zero-order chi connectivity index (χ0) is 24.7. The average molecular weight is 486 g/mol. The molecule has 0 radical (unpaired) electrons. The Hall–Kier alpha value is -1.46. The van der Waals surface area contributed by atoms with E-state index < -0.39 is 0 Å². The third kappa shape index (κ3) is 6.28. The molecular formula is C30H51N3O2. The van der Waals surface area contributed by atoms with E-state index in [2.05, 4.69) is 47.6 Å². The van der Waals surface area contributed by atoms with Crippen LogP contribution in [-0.2, 0) is 4.74 Å². The average Bonchev–Trinajstić information content (AvgIpc) is 2.93. The van der Waals surface area contributed by atoms with Crippen molar-refractivity contribution in [3.63, 3.8) is 0 Å². The van der Waals surface area contributed by atoms with Gasteiger partial charge in [-0.2, -0.15) is 0 Å². The molecule has 5 nitrogen and oxygen atoms in total.